The normalized spacial score (nSPS) is 9.12. The molecule has 88 valence electrons. The Balaban J connectivity index is 4.40. The van der Waals surface area contributed by atoms with Gasteiger partial charge in [0.25, 0.3) is 0 Å². The van der Waals surface area contributed by atoms with E-state index in [0.717, 1.165) is 6.08 Å². The first kappa shape index (κ1) is 14.9. The van der Waals surface area contributed by atoms with Crippen molar-refractivity contribution in [1.82, 2.24) is 4.90 Å². The van der Waals surface area contributed by atoms with Crippen molar-refractivity contribution in [3.8, 4) is 0 Å². The molecule has 0 rings (SSSR count). The molecule has 0 aliphatic heterocycles. The summed E-state index contributed by atoms with van der Waals surface area (Å²) >= 11 is 10.6. The molecule has 16 heavy (non-hydrogen) atoms. The predicted octanol–water partition coefficient (Wildman–Crippen LogP) is 2.47. The Hall–Kier alpha value is -1.06. The molecule has 0 atom stereocenters. The molecule has 0 saturated heterocycles. The second kappa shape index (κ2) is 8.13. The Labute approximate surface area is 105 Å². The third kappa shape index (κ3) is 6.43. The maximum atomic E-state index is 11.6. The zero-order valence-corrected chi connectivity index (χ0v) is 10.3. The van der Waals surface area contributed by atoms with Crippen LogP contribution in [0.3, 0.4) is 0 Å². The number of amides is 1. The summed E-state index contributed by atoms with van der Waals surface area (Å²) in [6.45, 7) is 7.79. The molecule has 0 heterocycles. The molecule has 0 radical (unpaired) electrons. The number of carbonyl (C=O) groups is 2. The van der Waals surface area contributed by atoms with Gasteiger partial charge in [0.1, 0.15) is 4.49 Å². The summed E-state index contributed by atoms with van der Waals surface area (Å²) in [5.41, 5.74) is 0. The van der Waals surface area contributed by atoms with E-state index in [2.05, 4.69) is 13.2 Å². The lowest BCUT2D eigenvalue weighted by molar-refractivity contribution is -0.133. The van der Waals surface area contributed by atoms with Crippen molar-refractivity contribution in [1.29, 1.82) is 0 Å². The first-order chi connectivity index (χ1) is 7.51. The van der Waals surface area contributed by atoms with Gasteiger partial charge in [-0.15, -0.1) is 13.2 Å². The first-order valence-corrected chi connectivity index (χ1v) is 5.32. The number of hydrogen-bond acceptors (Lipinski definition) is 2. The van der Waals surface area contributed by atoms with Crippen LogP contribution in [0.25, 0.3) is 0 Å². The molecule has 1 amide bonds. The van der Waals surface area contributed by atoms with Gasteiger partial charge >= 0.3 is 0 Å². The highest BCUT2D eigenvalue weighted by Gasteiger charge is 2.14. The maximum absolute atomic E-state index is 11.6. The van der Waals surface area contributed by atoms with Gasteiger partial charge in [-0.25, -0.2) is 0 Å². The molecule has 0 aromatic rings. The van der Waals surface area contributed by atoms with Gasteiger partial charge in [0.15, 0.2) is 5.78 Å². The van der Waals surface area contributed by atoms with Gasteiger partial charge in [0.05, 0.1) is 6.42 Å². The minimum atomic E-state index is -0.428. The van der Waals surface area contributed by atoms with Gasteiger partial charge in [0, 0.05) is 19.2 Å². The van der Waals surface area contributed by atoms with E-state index in [9.17, 15) is 9.59 Å². The van der Waals surface area contributed by atoms with Gasteiger partial charge in [-0.2, -0.15) is 0 Å². The third-order valence-electron chi connectivity index (χ3n) is 1.65. The van der Waals surface area contributed by atoms with Crippen LogP contribution in [0.5, 0.6) is 0 Å². The third-order valence-corrected chi connectivity index (χ3v) is 1.87. The van der Waals surface area contributed by atoms with E-state index in [-0.39, 0.29) is 16.8 Å². The van der Waals surface area contributed by atoms with Gasteiger partial charge in [0.2, 0.25) is 5.91 Å². The summed E-state index contributed by atoms with van der Waals surface area (Å²) in [6, 6.07) is 0. The standard InChI is InChI=1S/C11H13Cl2NO2/c1-3-5-14(6-4-2)11(16)8-9(15)7-10(12)13/h3-4,7H,1-2,5-6,8H2. The molecule has 3 nitrogen and oxygen atoms in total. The van der Waals surface area contributed by atoms with Crippen LogP contribution in [0.15, 0.2) is 35.9 Å². The number of halogens is 2. The number of rotatable bonds is 7. The minimum Gasteiger partial charge on any atom is -0.335 e. The molecule has 0 spiro atoms. The average Bonchev–Trinajstić information content (AvgIpc) is 2.15. The van der Waals surface area contributed by atoms with Crippen LogP contribution >= 0.6 is 23.2 Å². The molecule has 0 N–H and O–H groups in total. The Morgan fingerprint density at radius 3 is 2.00 bits per heavy atom. The summed E-state index contributed by atoms with van der Waals surface area (Å²) in [4.78, 5) is 24.3. The number of ketones is 1. The van der Waals surface area contributed by atoms with Crippen LogP contribution in [0.4, 0.5) is 0 Å². The van der Waals surface area contributed by atoms with E-state index in [1.165, 1.54) is 4.90 Å². The van der Waals surface area contributed by atoms with E-state index >= 15 is 0 Å². The molecule has 0 aromatic heterocycles. The molecule has 0 aliphatic rings. The average molecular weight is 262 g/mol. The molecule has 0 unspecified atom stereocenters. The molecular formula is C11H13Cl2NO2. The molecule has 0 fully saturated rings. The number of carbonyl (C=O) groups excluding carboxylic acids is 2. The number of nitrogens with zero attached hydrogens (tertiary/aromatic N) is 1. The molecular weight excluding hydrogens is 249 g/mol. The fourth-order valence-electron chi connectivity index (χ4n) is 1.02. The van der Waals surface area contributed by atoms with Crippen molar-refractivity contribution in [2.45, 2.75) is 6.42 Å². The van der Waals surface area contributed by atoms with Crippen molar-refractivity contribution in [2.24, 2.45) is 0 Å². The number of hydrogen-bond donors (Lipinski definition) is 0. The molecule has 0 saturated carbocycles. The van der Waals surface area contributed by atoms with Crippen molar-refractivity contribution in [3.05, 3.63) is 35.9 Å². The molecule has 0 aromatic carbocycles. The van der Waals surface area contributed by atoms with E-state index in [1.807, 2.05) is 0 Å². The summed E-state index contributed by atoms with van der Waals surface area (Å²) < 4.78 is -0.156. The van der Waals surface area contributed by atoms with Crippen LogP contribution in [-0.4, -0.2) is 29.7 Å². The highest BCUT2D eigenvalue weighted by molar-refractivity contribution is 6.56. The van der Waals surface area contributed by atoms with Crippen LogP contribution in [-0.2, 0) is 9.59 Å². The smallest absolute Gasteiger partial charge is 0.230 e. The summed E-state index contributed by atoms with van der Waals surface area (Å²) in [5.74, 6) is -0.737. The van der Waals surface area contributed by atoms with Crippen molar-refractivity contribution in [3.63, 3.8) is 0 Å². The van der Waals surface area contributed by atoms with Crippen molar-refractivity contribution >= 4 is 34.9 Å². The predicted molar refractivity (Wildman–Crippen MR) is 66.4 cm³/mol. The van der Waals surface area contributed by atoms with E-state index in [0.29, 0.717) is 13.1 Å². The SMILES string of the molecule is C=CCN(CC=C)C(=O)CC(=O)C=C(Cl)Cl. The first-order valence-electron chi connectivity index (χ1n) is 4.56. The van der Waals surface area contributed by atoms with Crippen LogP contribution in [0.1, 0.15) is 6.42 Å². The van der Waals surface area contributed by atoms with Crippen LogP contribution < -0.4 is 0 Å². The Bertz CT molecular complexity index is 310. The second-order valence-corrected chi connectivity index (χ2v) is 3.96. The summed E-state index contributed by atoms with van der Waals surface area (Å²) in [5, 5.41) is 0. The Morgan fingerprint density at radius 2 is 1.62 bits per heavy atom. The van der Waals surface area contributed by atoms with Gasteiger partial charge in [-0.3, -0.25) is 9.59 Å². The Morgan fingerprint density at radius 1 is 1.12 bits per heavy atom. The highest BCUT2D eigenvalue weighted by atomic mass is 35.5. The second-order valence-electron chi connectivity index (χ2n) is 2.95. The largest absolute Gasteiger partial charge is 0.335 e. The topological polar surface area (TPSA) is 37.4 Å². The highest BCUT2D eigenvalue weighted by Crippen LogP contribution is 2.07. The van der Waals surface area contributed by atoms with Crippen molar-refractivity contribution in [2.75, 3.05) is 13.1 Å². The molecule has 5 heteroatoms. The quantitative estimate of drug-likeness (QED) is 0.401. The Kier molecular flexibility index (Phi) is 7.60. The van der Waals surface area contributed by atoms with Crippen LogP contribution in [0, 0.1) is 0 Å². The lowest BCUT2D eigenvalue weighted by Gasteiger charge is -2.18. The van der Waals surface area contributed by atoms with Crippen molar-refractivity contribution < 1.29 is 9.59 Å². The molecule has 0 aliphatic carbocycles. The van der Waals surface area contributed by atoms with Gasteiger partial charge in [-0.1, -0.05) is 35.4 Å². The summed E-state index contributed by atoms with van der Waals surface area (Å²) in [7, 11) is 0. The van der Waals surface area contributed by atoms with E-state index in [1.54, 1.807) is 12.2 Å². The molecule has 0 bridgehead atoms. The number of allylic oxidation sites excluding steroid dienone is 1. The zero-order chi connectivity index (χ0) is 12.6. The van der Waals surface area contributed by atoms with Gasteiger partial charge in [-0.05, 0) is 0 Å². The fourth-order valence-corrected chi connectivity index (χ4v) is 1.27. The van der Waals surface area contributed by atoms with Crippen LogP contribution in [0.2, 0.25) is 0 Å². The minimum absolute atomic E-state index is 0.156. The van der Waals surface area contributed by atoms with E-state index in [4.69, 9.17) is 23.2 Å². The maximum Gasteiger partial charge on any atom is 0.230 e. The monoisotopic (exact) mass is 261 g/mol. The fraction of sp³-hybridized carbons (Fsp3) is 0.273. The summed E-state index contributed by atoms with van der Waals surface area (Å²) in [6.07, 6.45) is 3.91. The zero-order valence-electron chi connectivity index (χ0n) is 8.79. The van der Waals surface area contributed by atoms with Gasteiger partial charge < -0.3 is 4.90 Å². The van der Waals surface area contributed by atoms with E-state index < -0.39 is 5.78 Å². The lowest BCUT2D eigenvalue weighted by Crippen LogP contribution is -2.32. The lowest BCUT2D eigenvalue weighted by atomic mass is 10.2.